The summed E-state index contributed by atoms with van der Waals surface area (Å²) in [4.78, 5) is 24.1. The Hall–Kier alpha value is -3.55. The van der Waals surface area contributed by atoms with Crippen LogP contribution in [0.1, 0.15) is 37.2 Å². The monoisotopic (exact) mass is 407 g/mol. The number of benzene rings is 1. The second kappa shape index (κ2) is 6.22. The highest BCUT2D eigenvalue weighted by Gasteiger charge is 2.35. The molecule has 0 fully saturated rings. The lowest BCUT2D eigenvalue weighted by molar-refractivity contribution is 0.0693. The molecule has 0 spiro atoms. The van der Waals surface area contributed by atoms with Gasteiger partial charge < -0.3 is 19.1 Å². The Labute approximate surface area is 171 Å². The maximum atomic E-state index is 12.5. The van der Waals surface area contributed by atoms with Crippen molar-refractivity contribution < 1.29 is 19.4 Å². The third-order valence-electron chi connectivity index (χ3n) is 5.65. The first kappa shape index (κ1) is 18.5. The SMILES string of the molecule is CC(C)(C)C1Cn2nc3c(OC4=COC4)cccc3c2-c2cc(=O)c(C(=O)O)cn21. The van der Waals surface area contributed by atoms with Crippen molar-refractivity contribution in [2.45, 2.75) is 33.4 Å². The van der Waals surface area contributed by atoms with Crippen molar-refractivity contribution in [3.05, 3.63) is 58.3 Å². The fourth-order valence-corrected chi connectivity index (χ4v) is 4.06. The summed E-state index contributed by atoms with van der Waals surface area (Å²) < 4.78 is 14.8. The number of carbonyl (C=O) groups is 1. The first-order valence-corrected chi connectivity index (χ1v) is 9.72. The van der Waals surface area contributed by atoms with Crippen molar-refractivity contribution in [3.8, 4) is 17.1 Å². The summed E-state index contributed by atoms with van der Waals surface area (Å²) in [5.41, 5.74) is 1.18. The number of rotatable bonds is 3. The molecule has 0 saturated heterocycles. The summed E-state index contributed by atoms with van der Waals surface area (Å²) in [7, 11) is 0. The van der Waals surface area contributed by atoms with E-state index in [1.54, 1.807) is 6.26 Å². The largest absolute Gasteiger partial charge is 0.489 e. The number of fused-ring (bicyclic) bond motifs is 5. The lowest BCUT2D eigenvalue weighted by Gasteiger charge is -2.38. The maximum absolute atomic E-state index is 12.5. The van der Waals surface area contributed by atoms with E-state index in [2.05, 4.69) is 20.8 Å². The quantitative estimate of drug-likeness (QED) is 0.715. The van der Waals surface area contributed by atoms with Crippen molar-refractivity contribution in [1.82, 2.24) is 14.3 Å². The lowest BCUT2D eigenvalue weighted by Crippen LogP contribution is -2.35. The highest BCUT2D eigenvalue weighted by molar-refractivity contribution is 5.96. The van der Waals surface area contributed by atoms with E-state index >= 15 is 0 Å². The van der Waals surface area contributed by atoms with Crippen LogP contribution in [0.15, 0.2) is 47.3 Å². The normalized spacial score (nSPS) is 17.4. The number of carboxylic acid groups (broad SMARTS) is 1. The number of hydrogen-bond donors (Lipinski definition) is 1. The van der Waals surface area contributed by atoms with Crippen LogP contribution in [0, 0.1) is 5.41 Å². The molecule has 2 aromatic heterocycles. The zero-order valence-electron chi connectivity index (χ0n) is 16.9. The third-order valence-corrected chi connectivity index (χ3v) is 5.65. The summed E-state index contributed by atoms with van der Waals surface area (Å²) in [5.74, 6) is 0.120. The van der Waals surface area contributed by atoms with Crippen molar-refractivity contribution >= 4 is 16.9 Å². The Balaban J connectivity index is 1.77. The highest BCUT2D eigenvalue weighted by Crippen LogP contribution is 2.43. The van der Waals surface area contributed by atoms with Gasteiger partial charge in [0.1, 0.15) is 23.9 Å². The number of pyridine rings is 1. The first-order chi connectivity index (χ1) is 14.2. The van der Waals surface area contributed by atoms with E-state index in [0.717, 1.165) is 16.8 Å². The zero-order chi connectivity index (χ0) is 21.2. The Bertz CT molecular complexity index is 1290. The van der Waals surface area contributed by atoms with Gasteiger partial charge in [-0.1, -0.05) is 32.9 Å². The minimum Gasteiger partial charge on any atom is -0.489 e. The van der Waals surface area contributed by atoms with Gasteiger partial charge in [-0.05, 0) is 11.5 Å². The smallest absolute Gasteiger partial charge is 0.341 e. The fraction of sp³-hybridized carbons (Fsp3) is 0.318. The van der Waals surface area contributed by atoms with Crippen molar-refractivity contribution in [2.24, 2.45) is 5.41 Å². The molecule has 1 aromatic carbocycles. The molecular weight excluding hydrogens is 386 g/mol. The molecule has 0 bridgehead atoms. The minimum atomic E-state index is -1.22. The predicted octanol–water partition coefficient (Wildman–Crippen LogP) is 3.41. The van der Waals surface area contributed by atoms with Crippen molar-refractivity contribution in [2.75, 3.05) is 6.61 Å². The second-order valence-electron chi connectivity index (χ2n) is 8.71. The van der Waals surface area contributed by atoms with Crippen LogP contribution in [-0.2, 0) is 11.3 Å². The van der Waals surface area contributed by atoms with Gasteiger partial charge in [0.15, 0.2) is 16.9 Å². The summed E-state index contributed by atoms with van der Waals surface area (Å²) in [6.45, 7) is 7.24. The highest BCUT2D eigenvalue weighted by atomic mass is 16.6. The van der Waals surface area contributed by atoms with Crippen LogP contribution in [0.2, 0.25) is 0 Å². The van der Waals surface area contributed by atoms with Crippen molar-refractivity contribution in [1.29, 1.82) is 0 Å². The Kier molecular flexibility index (Phi) is 3.83. The third kappa shape index (κ3) is 2.71. The molecule has 2 aliphatic rings. The fourth-order valence-electron chi connectivity index (χ4n) is 4.06. The van der Waals surface area contributed by atoms with E-state index in [1.165, 1.54) is 12.3 Å². The van der Waals surface area contributed by atoms with Gasteiger partial charge in [0, 0.05) is 17.6 Å². The van der Waals surface area contributed by atoms with Crippen LogP contribution in [0.25, 0.3) is 22.3 Å². The van der Waals surface area contributed by atoms with Gasteiger partial charge in [-0.15, -0.1) is 0 Å². The number of ether oxygens (including phenoxy) is 2. The summed E-state index contributed by atoms with van der Waals surface area (Å²) in [5, 5.41) is 15.1. The molecule has 5 rings (SSSR count). The van der Waals surface area contributed by atoms with E-state index in [-0.39, 0.29) is 17.0 Å². The molecular formula is C22H21N3O5. The number of carboxylic acids is 1. The molecule has 1 N–H and O–H groups in total. The summed E-state index contributed by atoms with van der Waals surface area (Å²) in [6.07, 6.45) is 3.03. The molecule has 1 unspecified atom stereocenters. The molecule has 8 nitrogen and oxygen atoms in total. The van der Waals surface area contributed by atoms with Crippen LogP contribution < -0.4 is 10.2 Å². The number of hydrogen-bond acceptors (Lipinski definition) is 5. The molecule has 3 aromatic rings. The minimum absolute atomic E-state index is 0.0832. The first-order valence-electron chi connectivity index (χ1n) is 9.72. The molecule has 2 aliphatic heterocycles. The van der Waals surface area contributed by atoms with Crippen molar-refractivity contribution in [3.63, 3.8) is 0 Å². The van der Waals surface area contributed by atoms with Gasteiger partial charge in [-0.3, -0.25) is 9.48 Å². The molecule has 8 heteroatoms. The van der Waals surface area contributed by atoms with Gasteiger partial charge in [-0.25, -0.2) is 4.79 Å². The average Bonchev–Trinajstić information content (AvgIpc) is 3.02. The van der Waals surface area contributed by atoms with Gasteiger partial charge >= 0.3 is 5.97 Å². The van der Waals surface area contributed by atoms with Crippen LogP contribution in [-0.4, -0.2) is 32.0 Å². The van der Waals surface area contributed by atoms with Crippen LogP contribution in [0.5, 0.6) is 5.75 Å². The van der Waals surface area contributed by atoms with Gasteiger partial charge in [0.05, 0.1) is 24.0 Å². The number of aromatic nitrogens is 3. The molecule has 0 radical (unpaired) electrons. The molecule has 0 saturated carbocycles. The molecule has 154 valence electrons. The van der Waals surface area contributed by atoms with Gasteiger partial charge in [-0.2, -0.15) is 5.10 Å². The average molecular weight is 407 g/mol. The van der Waals surface area contributed by atoms with E-state index in [1.807, 2.05) is 27.4 Å². The van der Waals surface area contributed by atoms with E-state index in [9.17, 15) is 14.7 Å². The molecule has 1 atom stereocenters. The Morgan fingerprint density at radius 2 is 2.10 bits per heavy atom. The number of aromatic carboxylic acids is 1. The standard InChI is InChI=1S/C22H21N3O5/c1-22(2,3)18-9-25-20(15-7-16(26)14(21(27)28)8-24(15)18)13-5-4-6-17(19(13)23-25)30-12-10-29-11-12/h4-8,10,18H,9,11H2,1-3H3,(H,27,28). The van der Waals surface area contributed by atoms with Gasteiger partial charge in [0.2, 0.25) is 0 Å². The molecule has 30 heavy (non-hydrogen) atoms. The summed E-state index contributed by atoms with van der Waals surface area (Å²) in [6, 6.07) is 6.99. The summed E-state index contributed by atoms with van der Waals surface area (Å²) >= 11 is 0. The predicted molar refractivity (Wildman–Crippen MR) is 110 cm³/mol. The number of nitrogens with zero attached hydrogens (tertiary/aromatic N) is 3. The van der Waals surface area contributed by atoms with Crippen LogP contribution >= 0.6 is 0 Å². The second-order valence-corrected chi connectivity index (χ2v) is 8.71. The van der Waals surface area contributed by atoms with E-state index in [0.29, 0.717) is 30.1 Å². The lowest BCUT2D eigenvalue weighted by atomic mass is 9.85. The van der Waals surface area contributed by atoms with E-state index < -0.39 is 11.4 Å². The van der Waals surface area contributed by atoms with Crippen LogP contribution in [0.3, 0.4) is 0 Å². The zero-order valence-corrected chi connectivity index (χ0v) is 16.9. The van der Waals surface area contributed by atoms with Crippen LogP contribution in [0.4, 0.5) is 0 Å². The van der Waals surface area contributed by atoms with Gasteiger partial charge in [0.25, 0.3) is 0 Å². The van der Waals surface area contributed by atoms with E-state index in [4.69, 9.17) is 14.6 Å². The molecule has 0 amide bonds. The molecule has 4 heterocycles. The maximum Gasteiger partial charge on any atom is 0.341 e. The Morgan fingerprint density at radius 3 is 2.73 bits per heavy atom. The molecule has 0 aliphatic carbocycles. The Morgan fingerprint density at radius 1 is 1.33 bits per heavy atom. The topological polar surface area (TPSA) is 95.6 Å².